The number of para-hydroxylation sites is 4. The van der Waals surface area contributed by atoms with Crippen LogP contribution in [0.2, 0.25) is 0 Å². The fraction of sp³-hybridized carbons (Fsp3) is 0.0556. The predicted molar refractivity (Wildman–Crippen MR) is 329 cm³/mol. The van der Waals surface area contributed by atoms with Crippen LogP contribution in [0.25, 0.3) is 136 Å². The van der Waals surface area contributed by atoms with Crippen LogP contribution in [0.4, 0.5) is 0 Å². The molecule has 79 heavy (non-hydrogen) atoms. The number of rotatable bonds is 7. The van der Waals surface area contributed by atoms with Gasteiger partial charge in [0.05, 0.1) is 22.8 Å². The second kappa shape index (κ2) is 17.1. The van der Waals surface area contributed by atoms with Gasteiger partial charge in [-0.25, -0.2) is 4.99 Å². The van der Waals surface area contributed by atoms with Crippen molar-refractivity contribution in [1.29, 1.82) is 0 Å². The van der Waals surface area contributed by atoms with E-state index in [1.165, 1.54) is 42.0 Å². The quantitative estimate of drug-likeness (QED) is 0.160. The Morgan fingerprint density at radius 3 is 1.94 bits per heavy atom. The first kappa shape index (κ1) is 44.3. The summed E-state index contributed by atoms with van der Waals surface area (Å²) in [5.41, 5.74) is 17.1. The average Bonchev–Trinajstić information content (AvgIpc) is 4.54. The molecule has 0 amide bonds. The molecule has 372 valence electrons. The fourth-order valence-corrected chi connectivity index (χ4v) is 14.3. The van der Waals surface area contributed by atoms with E-state index in [4.69, 9.17) is 23.2 Å². The Kier molecular flexibility index (Phi) is 9.59. The summed E-state index contributed by atoms with van der Waals surface area (Å²) in [5.74, 6) is 0.670. The molecule has 7 heteroatoms. The van der Waals surface area contributed by atoms with Crippen molar-refractivity contribution < 1.29 is 13.3 Å². The second-order valence-electron chi connectivity index (χ2n) is 20.9. The summed E-state index contributed by atoms with van der Waals surface area (Å²) in [4.78, 5) is 11.4. The standard InChI is InChI=1S/C72H45N3O3S/c1-2-45-68(43-32-35-50-49-19-7-10-28-60(49)77-64(50)40-43)73-72(55-26-13-23-52-51-20-8-11-31-65(51)79-71(52)55)74-69(45)53-24-15-29-62-67(53)57-39-41(34-37-61(57)76-62)46-21-14-30-63-66(46)54-25-12-22-47(70(54)78-63)42-33-36-59-56(38-42)48-18-6-9-27-58(48)75(59)44-16-4-3-5-17-44/h3-40,45,68H,2H2,1H3. The number of amidine groups is 1. The van der Waals surface area contributed by atoms with Crippen molar-refractivity contribution in [3.05, 3.63) is 247 Å². The minimum Gasteiger partial charge on any atom is -0.456 e. The maximum absolute atomic E-state index is 6.96. The molecule has 2 atom stereocenters. The lowest BCUT2D eigenvalue weighted by Gasteiger charge is -2.30. The van der Waals surface area contributed by atoms with Gasteiger partial charge in [0.1, 0.15) is 33.5 Å². The first-order valence-corrected chi connectivity index (χ1v) is 27.9. The third-order valence-electron chi connectivity index (χ3n) is 16.7. The van der Waals surface area contributed by atoms with Gasteiger partial charge in [0.15, 0.2) is 5.84 Å². The lowest BCUT2D eigenvalue weighted by molar-refractivity contribution is 0.532. The third kappa shape index (κ3) is 6.63. The highest BCUT2D eigenvalue weighted by Gasteiger charge is 2.34. The summed E-state index contributed by atoms with van der Waals surface area (Å²) < 4.78 is 25.1. The molecule has 0 radical (unpaired) electrons. The van der Waals surface area contributed by atoms with E-state index in [0.717, 1.165) is 128 Å². The van der Waals surface area contributed by atoms with Gasteiger partial charge in [0, 0.05) is 91.6 Å². The largest absolute Gasteiger partial charge is 0.456 e. The molecule has 0 fully saturated rings. The van der Waals surface area contributed by atoms with Crippen LogP contribution in [-0.4, -0.2) is 16.1 Å². The van der Waals surface area contributed by atoms with Gasteiger partial charge in [0.2, 0.25) is 0 Å². The molecule has 0 N–H and O–H groups in total. The normalized spacial score (nSPS) is 15.1. The highest BCUT2D eigenvalue weighted by molar-refractivity contribution is 7.26. The van der Waals surface area contributed by atoms with Crippen LogP contribution < -0.4 is 0 Å². The maximum Gasteiger partial charge on any atom is 0.156 e. The first-order valence-electron chi connectivity index (χ1n) is 27.1. The predicted octanol–water partition coefficient (Wildman–Crippen LogP) is 20.2. The van der Waals surface area contributed by atoms with Gasteiger partial charge < -0.3 is 17.8 Å². The Labute approximate surface area is 456 Å². The summed E-state index contributed by atoms with van der Waals surface area (Å²) in [6, 6.07) is 82.1. The lowest BCUT2D eigenvalue weighted by Crippen LogP contribution is -2.28. The van der Waals surface area contributed by atoms with E-state index in [2.05, 4.69) is 230 Å². The molecule has 2 unspecified atom stereocenters. The summed E-state index contributed by atoms with van der Waals surface area (Å²) in [5, 5.41) is 11.3. The summed E-state index contributed by atoms with van der Waals surface area (Å²) in [6.45, 7) is 2.26. The number of fused-ring (bicyclic) bond motifs is 15. The minimum absolute atomic E-state index is 0.0608. The van der Waals surface area contributed by atoms with E-state index in [1.54, 1.807) is 11.3 Å². The number of furan rings is 3. The molecule has 17 rings (SSSR count). The van der Waals surface area contributed by atoms with Gasteiger partial charge in [-0.15, -0.1) is 11.3 Å². The van der Waals surface area contributed by atoms with Crippen LogP contribution in [0.3, 0.4) is 0 Å². The van der Waals surface area contributed by atoms with E-state index in [-0.39, 0.29) is 12.0 Å². The number of benzene rings is 11. The van der Waals surface area contributed by atoms with Gasteiger partial charge in [-0.2, -0.15) is 0 Å². The highest BCUT2D eigenvalue weighted by atomic mass is 32.1. The van der Waals surface area contributed by atoms with Gasteiger partial charge in [-0.3, -0.25) is 4.99 Å². The molecule has 11 aromatic carbocycles. The summed E-state index contributed by atoms with van der Waals surface area (Å²) >= 11 is 1.81. The SMILES string of the molecule is CCC1C(c2cccc3oc4ccc(-c5cccc6oc7c(-c8ccc9c(c8)c8ccccc8n9-c8ccccc8)cccc7c56)cc4c23)=NC(c2cccc3c2sc2ccccc23)=NC1c1ccc2c(c1)oc1ccccc12. The van der Waals surface area contributed by atoms with E-state index in [9.17, 15) is 0 Å². The zero-order valence-electron chi connectivity index (χ0n) is 42.8. The topological polar surface area (TPSA) is 69.1 Å². The molecule has 6 nitrogen and oxygen atoms in total. The fourth-order valence-electron chi connectivity index (χ4n) is 13.1. The zero-order chi connectivity index (χ0) is 51.9. The summed E-state index contributed by atoms with van der Waals surface area (Å²) in [6.07, 6.45) is 0.811. The second-order valence-corrected chi connectivity index (χ2v) is 22.0. The van der Waals surface area contributed by atoms with Gasteiger partial charge >= 0.3 is 0 Å². The van der Waals surface area contributed by atoms with Crippen molar-refractivity contribution >= 4 is 131 Å². The molecule has 1 aliphatic heterocycles. The van der Waals surface area contributed by atoms with E-state index >= 15 is 0 Å². The van der Waals surface area contributed by atoms with Crippen molar-refractivity contribution in [3.63, 3.8) is 0 Å². The van der Waals surface area contributed by atoms with Crippen LogP contribution in [0.15, 0.2) is 254 Å². The molecule has 0 saturated heterocycles. The number of nitrogens with zero attached hydrogens (tertiary/aromatic N) is 3. The smallest absolute Gasteiger partial charge is 0.156 e. The molecule has 0 spiro atoms. The van der Waals surface area contributed by atoms with Crippen molar-refractivity contribution in [2.75, 3.05) is 0 Å². The molecule has 0 bridgehead atoms. The van der Waals surface area contributed by atoms with Crippen LogP contribution in [-0.2, 0) is 0 Å². The van der Waals surface area contributed by atoms with Crippen LogP contribution in [0.5, 0.6) is 0 Å². The lowest BCUT2D eigenvalue weighted by atomic mass is 9.82. The molecular weight excluding hydrogens is 987 g/mol. The molecule has 1 aliphatic rings. The van der Waals surface area contributed by atoms with Crippen molar-refractivity contribution in [2.45, 2.75) is 19.4 Å². The first-order chi connectivity index (χ1) is 39.1. The molecule has 0 aliphatic carbocycles. The Morgan fingerprint density at radius 2 is 1.05 bits per heavy atom. The highest BCUT2D eigenvalue weighted by Crippen LogP contribution is 2.46. The molecule has 6 heterocycles. The Bertz CT molecular complexity index is 5280. The third-order valence-corrected chi connectivity index (χ3v) is 17.9. The van der Waals surface area contributed by atoms with Crippen LogP contribution in [0.1, 0.15) is 36.1 Å². The average molecular weight is 1030 g/mol. The Balaban J connectivity index is 0.827. The van der Waals surface area contributed by atoms with Crippen LogP contribution >= 0.6 is 11.3 Å². The number of aromatic nitrogens is 1. The number of thiophene rings is 1. The summed E-state index contributed by atoms with van der Waals surface area (Å²) in [7, 11) is 0. The maximum atomic E-state index is 6.96. The molecule has 0 saturated carbocycles. The van der Waals surface area contributed by atoms with Gasteiger partial charge in [0.25, 0.3) is 0 Å². The van der Waals surface area contributed by atoms with Crippen LogP contribution in [0, 0.1) is 5.92 Å². The van der Waals surface area contributed by atoms with E-state index in [0.29, 0.717) is 0 Å². The molecule has 16 aromatic rings. The minimum atomic E-state index is -0.243. The van der Waals surface area contributed by atoms with Gasteiger partial charge in [-0.1, -0.05) is 159 Å². The zero-order valence-corrected chi connectivity index (χ0v) is 43.6. The number of hydrogen-bond donors (Lipinski definition) is 0. The Morgan fingerprint density at radius 1 is 0.430 bits per heavy atom. The van der Waals surface area contributed by atoms with Crippen molar-refractivity contribution in [1.82, 2.24) is 4.57 Å². The monoisotopic (exact) mass is 1030 g/mol. The number of hydrogen-bond acceptors (Lipinski definition) is 6. The molecule has 5 aromatic heterocycles. The van der Waals surface area contributed by atoms with E-state index in [1.807, 2.05) is 12.1 Å². The molecular formula is C72H45N3O3S. The number of aliphatic imine (C=N–C) groups is 2. The van der Waals surface area contributed by atoms with Crippen molar-refractivity contribution in [2.24, 2.45) is 15.9 Å². The van der Waals surface area contributed by atoms with Gasteiger partial charge in [-0.05, 0) is 108 Å². The Hall–Kier alpha value is -9.82. The van der Waals surface area contributed by atoms with Crippen molar-refractivity contribution in [3.8, 4) is 27.9 Å². The van der Waals surface area contributed by atoms with E-state index < -0.39 is 0 Å².